The summed E-state index contributed by atoms with van der Waals surface area (Å²) in [5.41, 5.74) is 5.43. The molecular weight excluding hydrogens is 200 g/mol. The van der Waals surface area contributed by atoms with Crippen LogP contribution in [-0.4, -0.2) is 16.0 Å². The molecule has 0 amide bonds. The van der Waals surface area contributed by atoms with Gasteiger partial charge in [0.1, 0.15) is 5.69 Å². The lowest BCUT2D eigenvalue weighted by molar-refractivity contribution is -0.383. The number of nitrogens with zero attached hydrogens (tertiary/aromatic N) is 1. The Morgan fingerprint density at radius 3 is 2.67 bits per heavy atom. The maximum atomic E-state index is 10.7. The first-order chi connectivity index (χ1) is 6.95. The molecular formula is C9H10N2O4. The molecule has 1 aromatic carbocycles. The predicted molar refractivity (Wildman–Crippen MR) is 53.6 cm³/mol. The molecule has 1 atom stereocenters. The molecule has 0 aromatic heterocycles. The number of hydrogen-bond donors (Lipinski definition) is 2. The Hall–Kier alpha value is -2.11. The SMILES string of the molecule is CC(C(=O)O)c1cccc([N+](=O)[O-])c1N. The number of rotatable bonds is 3. The van der Waals surface area contributed by atoms with Gasteiger partial charge in [-0.1, -0.05) is 12.1 Å². The lowest BCUT2D eigenvalue weighted by Crippen LogP contribution is -2.10. The fourth-order valence-electron chi connectivity index (χ4n) is 1.24. The van der Waals surface area contributed by atoms with E-state index >= 15 is 0 Å². The molecule has 0 heterocycles. The summed E-state index contributed by atoms with van der Waals surface area (Å²) >= 11 is 0. The van der Waals surface area contributed by atoms with Gasteiger partial charge in [-0.3, -0.25) is 14.9 Å². The molecule has 15 heavy (non-hydrogen) atoms. The predicted octanol–water partition coefficient (Wildman–Crippen LogP) is 1.37. The minimum Gasteiger partial charge on any atom is -0.481 e. The first kappa shape index (κ1) is 11.0. The van der Waals surface area contributed by atoms with Crippen molar-refractivity contribution < 1.29 is 14.8 Å². The average Bonchev–Trinajstić information content (AvgIpc) is 2.16. The van der Waals surface area contributed by atoms with Crippen LogP contribution in [0, 0.1) is 10.1 Å². The van der Waals surface area contributed by atoms with Gasteiger partial charge in [0.2, 0.25) is 0 Å². The standard InChI is InChI=1S/C9H10N2O4/c1-5(9(12)13)6-3-2-4-7(8(6)10)11(14)15/h2-5H,10H2,1H3,(H,12,13). The van der Waals surface area contributed by atoms with Crippen molar-refractivity contribution >= 4 is 17.3 Å². The molecule has 80 valence electrons. The summed E-state index contributed by atoms with van der Waals surface area (Å²) in [6.45, 7) is 1.43. The molecule has 0 radical (unpaired) electrons. The Morgan fingerprint density at radius 2 is 2.20 bits per heavy atom. The summed E-state index contributed by atoms with van der Waals surface area (Å²) in [4.78, 5) is 20.6. The Labute approximate surface area is 85.5 Å². The van der Waals surface area contributed by atoms with Crippen molar-refractivity contribution in [2.45, 2.75) is 12.8 Å². The molecule has 0 spiro atoms. The number of nitrogen functional groups attached to an aromatic ring is 1. The van der Waals surface area contributed by atoms with E-state index < -0.39 is 16.8 Å². The van der Waals surface area contributed by atoms with Crippen molar-refractivity contribution in [2.75, 3.05) is 5.73 Å². The van der Waals surface area contributed by atoms with Crippen LogP contribution < -0.4 is 5.73 Å². The van der Waals surface area contributed by atoms with Gasteiger partial charge in [0.25, 0.3) is 5.69 Å². The number of anilines is 1. The van der Waals surface area contributed by atoms with E-state index in [1.807, 2.05) is 0 Å². The van der Waals surface area contributed by atoms with Crippen molar-refractivity contribution in [2.24, 2.45) is 0 Å². The fraction of sp³-hybridized carbons (Fsp3) is 0.222. The third-order valence-corrected chi connectivity index (χ3v) is 2.15. The summed E-state index contributed by atoms with van der Waals surface area (Å²) in [6, 6.07) is 4.14. The number of nitrogens with two attached hydrogens (primary N) is 1. The fourth-order valence-corrected chi connectivity index (χ4v) is 1.24. The average molecular weight is 210 g/mol. The van der Waals surface area contributed by atoms with Gasteiger partial charge < -0.3 is 10.8 Å². The van der Waals surface area contributed by atoms with Gasteiger partial charge in [-0.05, 0) is 12.5 Å². The van der Waals surface area contributed by atoms with E-state index in [2.05, 4.69) is 0 Å². The second-order valence-electron chi connectivity index (χ2n) is 3.10. The second kappa shape index (κ2) is 3.95. The lowest BCUT2D eigenvalue weighted by Gasteiger charge is -2.09. The first-order valence-corrected chi connectivity index (χ1v) is 4.20. The monoisotopic (exact) mass is 210 g/mol. The van der Waals surface area contributed by atoms with Crippen molar-refractivity contribution in [1.82, 2.24) is 0 Å². The second-order valence-corrected chi connectivity index (χ2v) is 3.10. The Bertz CT molecular complexity index is 417. The molecule has 6 nitrogen and oxygen atoms in total. The van der Waals surface area contributed by atoms with Gasteiger partial charge in [-0.2, -0.15) is 0 Å². The largest absolute Gasteiger partial charge is 0.481 e. The molecule has 0 aliphatic heterocycles. The van der Waals surface area contributed by atoms with Crippen LogP contribution in [0.1, 0.15) is 18.4 Å². The topological polar surface area (TPSA) is 106 Å². The highest BCUT2D eigenvalue weighted by molar-refractivity contribution is 5.80. The number of aliphatic carboxylic acids is 1. The van der Waals surface area contributed by atoms with Crippen LogP contribution in [0.3, 0.4) is 0 Å². The third kappa shape index (κ3) is 2.04. The number of carboxylic acids is 1. The number of benzene rings is 1. The minimum absolute atomic E-state index is 0.0857. The minimum atomic E-state index is -1.07. The number of hydrogen-bond acceptors (Lipinski definition) is 4. The van der Waals surface area contributed by atoms with Crippen LogP contribution in [0.5, 0.6) is 0 Å². The summed E-state index contributed by atoms with van der Waals surface area (Å²) in [5, 5.41) is 19.3. The van der Waals surface area contributed by atoms with Crippen molar-refractivity contribution in [1.29, 1.82) is 0 Å². The van der Waals surface area contributed by atoms with E-state index in [0.29, 0.717) is 0 Å². The number of nitro benzene ring substituents is 1. The number of para-hydroxylation sites is 1. The van der Waals surface area contributed by atoms with Crippen LogP contribution in [0.15, 0.2) is 18.2 Å². The normalized spacial score (nSPS) is 12.1. The third-order valence-electron chi connectivity index (χ3n) is 2.15. The van der Waals surface area contributed by atoms with Gasteiger partial charge in [-0.15, -0.1) is 0 Å². The smallest absolute Gasteiger partial charge is 0.310 e. The van der Waals surface area contributed by atoms with Gasteiger partial charge >= 0.3 is 5.97 Å². The molecule has 0 saturated carbocycles. The molecule has 6 heteroatoms. The molecule has 0 saturated heterocycles. The van der Waals surface area contributed by atoms with Gasteiger partial charge in [0, 0.05) is 6.07 Å². The van der Waals surface area contributed by atoms with E-state index in [1.54, 1.807) is 0 Å². The van der Waals surface area contributed by atoms with Crippen molar-refractivity contribution in [3.63, 3.8) is 0 Å². The Kier molecular flexibility index (Phi) is 2.89. The number of carboxylic acid groups (broad SMARTS) is 1. The van der Waals surface area contributed by atoms with Gasteiger partial charge in [-0.25, -0.2) is 0 Å². The zero-order valence-electron chi connectivity index (χ0n) is 8.01. The summed E-state index contributed by atoms with van der Waals surface area (Å²) in [5.74, 6) is -1.92. The quantitative estimate of drug-likeness (QED) is 0.445. The van der Waals surface area contributed by atoms with Crippen molar-refractivity contribution in [3.8, 4) is 0 Å². The summed E-state index contributed by atoms with van der Waals surface area (Å²) in [6.07, 6.45) is 0. The van der Waals surface area contributed by atoms with Crippen molar-refractivity contribution in [3.05, 3.63) is 33.9 Å². The number of nitro groups is 1. The molecule has 1 aromatic rings. The molecule has 1 unspecified atom stereocenters. The van der Waals surface area contributed by atoms with E-state index in [1.165, 1.54) is 25.1 Å². The van der Waals surface area contributed by atoms with Crippen LogP contribution >= 0.6 is 0 Å². The Balaban J connectivity index is 3.26. The molecule has 0 bridgehead atoms. The molecule has 0 aliphatic carbocycles. The van der Waals surface area contributed by atoms with E-state index in [4.69, 9.17) is 10.8 Å². The first-order valence-electron chi connectivity index (χ1n) is 4.20. The van der Waals surface area contributed by atoms with Crippen LogP contribution in [0.2, 0.25) is 0 Å². The van der Waals surface area contributed by atoms with Crippen LogP contribution in [-0.2, 0) is 4.79 Å². The Morgan fingerprint density at radius 1 is 1.60 bits per heavy atom. The molecule has 0 aliphatic rings. The highest BCUT2D eigenvalue weighted by Gasteiger charge is 2.21. The van der Waals surface area contributed by atoms with E-state index in [-0.39, 0.29) is 16.9 Å². The maximum Gasteiger partial charge on any atom is 0.310 e. The zero-order valence-corrected chi connectivity index (χ0v) is 8.01. The zero-order chi connectivity index (χ0) is 11.6. The number of carbonyl (C=O) groups is 1. The van der Waals surface area contributed by atoms with Gasteiger partial charge in [0.15, 0.2) is 0 Å². The summed E-state index contributed by atoms with van der Waals surface area (Å²) in [7, 11) is 0. The van der Waals surface area contributed by atoms with Crippen LogP contribution in [0.4, 0.5) is 11.4 Å². The maximum absolute atomic E-state index is 10.7. The van der Waals surface area contributed by atoms with Crippen LogP contribution in [0.25, 0.3) is 0 Å². The highest BCUT2D eigenvalue weighted by Crippen LogP contribution is 2.30. The highest BCUT2D eigenvalue weighted by atomic mass is 16.6. The van der Waals surface area contributed by atoms with E-state index in [9.17, 15) is 14.9 Å². The lowest BCUT2D eigenvalue weighted by atomic mass is 9.99. The van der Waals surface area contributed by atoms with E-state index in [0.717, 1.165) is 0 Å². The molecule has 1 rings (SSSR count). The summed E-state index contributed by atoms with van der Waals surface area (Å²) < 4.78 is 0. The van der Waals surface area contributed by atoms with Gasteiger partial charge in [0.05, 0.1) is 10.8 Å². The molecule has 3 N–H and O–H groups in total. The molecule has 0 fully saturated rings.